The number of aryl methyl sites for hydroxylation is 2. The Balaban J connectivity index is 1.41. The first-order valence-corrected chi connectivity index (χ1v) is 14.3. The molecule has 8 heteroatoms. The van der Waals surface area contributed by atoms with Crippen molar-refractivity contribution in [2.45, 2.75) is 105 Å². The number of ketones is 2. The van der Waals surface area contributed by atoms with E-state index >= 15 is 0 Å². The summed E-state index contributed by atoms with van der Waals surface area (Å²) in [7, 11) is 0. The summed E-state index contributed by atoms with van der Waals surface area (Å²) in [6.07, 6.45) is 11.2. The Hall–Kier alpha value is -3.42. The van der Waals surface area contributed by atoms with Crippen LogP contribution in [0.25, 0.3) is 22.0 Å². The topological polar surface area (TPSA) is 98.1 Å². The van der Waals surface area contributed by atoms with E-state index in [1.54, 1.807) is 17.1 Å². The van der Waals surface area contributed by atoms with E-state index in [9.17, 15) is 14.4 Å². The summed E-state index contributed by atoms with van der Waals surface area (Å²) < 4.78 is 1.66. The maximum absolute atomic E-state index is 13.8. The van der Waals surface area contributed by atoms with Gasteiger partial charge in [-0.3, -0.25) is 19.1 Å². The fraction of sp³-hybridized carbons (Fsp3) is 0.548. The molecule has 8 nitrogen and oxygen atoms in total. The van der Waals surface area contributed by atoms with Crippen LogP contribution in [-0.2, 0) is 16.1 Å². The monoisotopic (exact) mass is 529 g/mol. The standard InChI is InChI=1S/C31H39N5O3/c1-6-7-8-9-10-11-26(38)25-14-31(5)15-27(31)36(25)28(39)18-35-30-19(2)12-22(23-16-32-21(4)33-17-23)13-24(30)29(34-35)20(3)37/h12-13,16-17,25,27H,6-11,14-15,18H2,1-5H3/t25-,27+,31-/m0/s1. The minimum Gasteiger partial charge on any atom is -0.327 e. The molecule has 2 aliphatic rings. The second-order valence-electron chi connectivity index (χ2n) is 11.8. The van der Waals surface area contributed by atoms with E-state index in [0.717, 1.165) is 54.3 Å². The molecule has 1 aliphatic heterocycles. The van der Waals surface area contributed by atoms with Gasteiger partial charge in [0.2, 0.25) is 5.91 Å². The van der Waals surface area contributed by atoms with Crippen LogP contribution in [0.1, 0.15) is 94.0 Å². The molecule has 3 heterocycles. The van der Waals surface area contributed by atoms with Crippen molar-refractivity contribution in [3.05, 3.63) is 41.6 Å². The van der Waals surface area contributed by atoms with Crippen LogP contribution in [0.2, 0.25) is 0 Å². The van der Waals surface area contributed by atoms with E-state index in [0.29, 0.717) is 23.3 Å². The Morgan fingerprint density at radius 2 is 1.72 bits per heavy atom. The van der Waals surface area contributed by atoms with Gasteiger partial charge in [-0.05, 0) is 61.8 Å². The Morgan fingerprint density at radius 1 is 1.00 bits per heavy atom. The number of fused-ring (bicyclic) bond motifs is 2. The first kappa shape index (κ1) is 27.2. The molecule has 2 fully saturated rings. The van der Waals surface area contributed by atoms with Crippen LogP contribution in [0, 0.1) is 19.3 Å². The number of hydrogen-bond donors (Lipinski definition) is 0. The van der Waals surface area contributed by atoms with Gasteiger partial charge in [-0.1, -0.05) is 39.5 Å². The summed E-state index contributed by atoms with van der Waals surface area (Å²) in [6, 6.07) is 3.71. The predicted octanol–water partition coefficient (Wildman–Crippen LogP) is 5.62. The number of carbonyl (C=O) groups is 3. The van der Waals surface area contributed by atoms with E-state index in [4.69, 9.17) is 0 Å². The van der Waals surface area contributed by atoms with Crippen LogP contribution < -0.4 is 0 Å². The van der Waals surface area contributed by atoms with E-state index < -0.39 is 0 Å². The molecule has 3 aromatic rings. The lowest BCUT2D eigenvalue weighted by Crippen LogP contribution is -2.44. The number of Topliss-reactive ketones (excluding diaryl/α,β-unsaturated/α-hetero) is 2. The maximum atomic E-state index is 13.8. The van der Waals surface area contributed by atoms with Crippen LogP contribution in [0.3, 0.4) is 0 Å². The van der Waals surface area contributed by atoms with Gasteiger partial charge in [0.25, 0.3) is 0 Å². The molecule has 0 unspecified atom stereocenters. The fourth-order valence-electron chi connectivity index (χ4n) is 6.30. The van der Waals surface area contributed by atoms with Gasteiger partial charge in [0.1, 0.15) is 18.1 Å². The Bertz CT molecular complexity index is 1430. The van der Waals surface area contributed by atoms with Crippen LogP contribution >= 0.6 is 0 Å². The van der Waals surface area contributed by atoms with Crippen molar-refractivity contribution in [3.63, 3.8) is 0 Å². The summed E-state index contributed by atoms with van der Waals surface area (Å²) in [4.78, 5) is 50.1. The number of piperidine rings is 1. The first-order chi connectivity index (χ1) is 18.6. The second-order valence-corrected chi connectivity index (χ2v) is 11.8. The molecule has 39 heavy (non-hydrogen) atoms. The van der Waals surface area contributed by atoms with Gasteiger partial charge in [-0.25, -0.2) is 9.97 Å². The number of unbranched alkanes of at least 4 members (excludes halogenated alkanes) is 4. The Labute approximate surface area is 230 Å². The second kappa shape index (κ2) is 10.6. The molecule has 1 aliphatic carbocycles. The van der Waals surface area contributed by atoms with Crippen LogP contribution in [-0.4, -0.2) is 54.2 Å². The number of benzene rings is 1. The van der Waals surface area contributed by atoms with Crippen molar-refractivity contribution >= 4 is 28.4 Å². The third-order valence-corrected chi connectivity index (χ3v) is 8.59. The number of amides is 1. The number of rotatable bonds is 11. The van der Waals surface area contributed by atoms with Gasteiger partial charge in [0, 0.05) is 42.7 Å². The molecule has 5 rings (SSSR count). The quantitative estimate of drug-likeness (QED) is 0.236. The molecule has 1 aromatic carbocycles. The molecule has 2 aromatic heterocycles. The zero-order chi connectivity index (χ0) is 27.9. The molecular weight excluding hydrogens is 490 g/mol. The summed E-state index contributed by atoms with van der Waals surface area (Å²) >= 11 is 0. The van der Waals surface area contributed by atoms with E-state index in [1.165, 1.54) is 19.8 Å². The van der Waals surface area contributed by atoms with Gasteiger partial charge >= 0.3 is 0 Å². The molecule has 0 N–H and O–H groups in total. The Kier molecular flexibility index (Phi) is 7.40. The largest absolute Gasteiger partial charge is 0.327 e. The van der Waals surface area contributed by atoms with Crippen molar-refractivity contribution in [1.29, 1.82) is 0 Å². The molecule has 0 bridgehead atoms. The van der Waals surface area contributed by atoms with Crippen LogP contribution in [0.5, 0.6) is 0 Å². The molecule has 206 valence electrons. The molecule has 1 saturated carbocycles. The number of hydrogen-bond acceptors (Lipinski definition) is 6. The number of aromatic nitrogens is 4. The maximum Gasteiger partial charge on any atom is 0.245 e. The van der Waals surface area contributed by atoms with Gasteiger partial charge in [0.05, 0.1) is 11.6 Å². The molecule has 0 radical (unpaired) electrons. The van der Waals surface area contributed by atoms with Crippen molar-refractivity contribution in [2.75, 3.05) is 0 Å². The van der Waals surface area contributed by atoms with Crippen molar-refractivity contribution in [3.8, 4) is 11.1 Å². The SMILES string of the molecule is CCCCCCCC(=O)[C@@H]1C[C@@]2(C)C[C@H]2N1C(=O)Cn1nc(C(C)=O)c2cc(-c3cnc(C)nc3)cc(C)c21. The van der Waals surface area contributed by atoms with Gasteiger partial charge in [0.15, 0.2) is 11.6 Å². The zero-order valence-corrected chi connectivity index (χ0v) is 23.8. The average Bonchev–Trinajstić information content (AvgIpc) is 3.25. The zero-order valence-electron chi connectivity index (χ0n) is 23.8. The minimum atomic E-state index is -0.351. The highest BCUT2D eigenvalue weighted by molar-refractivity contribution is 6.07. The molecule has 1 saturated heterocycles. The summed E-state index contributed by atoms with van der Waals surface area (Å²) in [6.45, 7) is 9.67. The normalized spacial score (nSPS) is 21.8. The predicted molar refractivity (Wildman–Crippen MR) is 150 cm³/mol. The fourth-order valence-corrected chi connectivity index (χ4v) is 6.30. The first-order valence-electron chi connectivity index (χ1n) is 14.3. The third-order valence-electron chi connectivity index (χ3n) is 8.59. The summed E-state index contributed by atoms with van der Waals surface area (Å²) in [5, 5.41) is 5.33. The average molecular weight is 530 g/mol. The van der Waals surface area contributed by atoms with E-state index in [1.807, 2.05) is 30.9 Å². The third kappa shape index (κ3) is 5.25. The van der Waals surface area contributed by atoms with E-state index in [2.05, 4.69) is 28.9 Å². The minimum absolute atomic E-state index is 0.00443. The Morgan fingerprint density at radius 3 is 2.41 bits per heavy atom. The highest BCUT2D eigenvalue weighted by atomic mass is 16.2. The number of nitrogens with zero attached hydrogens (tertiary/aromatic N) is 5. The van der Waals surface area contributed by atoms with Crippen LogP contribution in [0.4, 0.5) is 0 Å². The van der Waals surface area contributed by atoms with Gasteiger partial charge in [-0.15, -0.1) is 0 Å². The van der Waals surface area contributed by atoms with Crippen LogP contribution in [0.15, 0.2) is 24.5 Å². The van der Waals surface area contributed by atoms with Crippen molar-refractivity contribution < 1.29 is 14.4 Å². The summed E-state index contributed by atoms with van der Waals surface area (Å²) in [5.74, 6) is 0.619. The highest BCUT2D eigenvalue weighted by Crippen LogP contribution is 2.59. The van der Waals surface area contributed by atoms with Gasteiger partial charge in [-0.2, -0.15) is 5.10 Å². The molecule has 0 spiro atoms. The van der Waals surface area contributed by atoms with Crippen molar-refractivity contribution in [1.82, 2.24) is 24.6 Å². The van der Waals surface area contributed by atoms with Gasteiger partial charge < -0.3 is 4.90 Å². The highest BCUT2D eigenvalue weighted by Gasteiger charge is 2.64. The number of likely N-dealkylation sites (tertiary alicyclic amines) is 1. The molecule has 1 amide bonds. The number of carbonyl (C=O) groups excluding carboxylic acids is 3. The smallest absolute Gasteiger partial charge is 0.245 e. The van der Waals surface area contributed by atoms with Crippen molar-refractivity contribution in [2.24, 2.45) is 5.41 Å². The van der Waals surface area contributed by atoms with E-state index in [-0.39, 0.29) is 41.5 Å². The lowest BCUT2D eigenvalue weighted by atomic mass is 9.96. The lowest BCUT2D eigenvalue weighted by Gasteiger charge is -2.27. The molecular formula is C31H39N5O3. The summed E-state index contributed by atoms with van der Waals surface area (Å²) in [5.41, 5.74) is 3.80. The molecule has 3 atom stereocenters. The lowest BCUT2D eigenvalue weighted by molar-refractivity contribution is -0.139.